The number of aromatic hydroxyl groups is 1. The highest BCUT2D eigenvalue weighted by molar-refractivity contribution is 5.93. The average molecular weight is 569 g/mol. The molecule has 7 nitrogen and oxygen atoms in total. The van der Waals surface area contributed by atoms with Crippen molar-refractivity contribution in [2.75, 3.05) is 13.2 Å². The highest BCUT2D eigenvalue weighted by Gasteiger charge is 2.18. The van der Waals surface area contributed by atoms with E-state index in [2.05, 4.69) is 6.92 Å². The first kappa shape index (κ1) is 34.0. The van der Waals surface area contributed by atoms with Crippen LogP contribution in [0.5, 0.6) is 23.0 Å². The van der Waals surface area contributed by atoms with Crippen molar-refractivity contribution < 1.29 is 24.2 Å². The highest BCUT2D eigenvalue weighted by atomic mass is 16.5. The molecule has 0 bridgehead atoms. The summed E-state index contributed by atoms with van der Waals surface area (Å²) >= 11 is 0. The molecular weight excluding hydrogens is 516 g/mol. The summed E-state index contributed by atoms with van der Waals surface area (Å²) in [7, 11) is 0. The average Bonchev–Trinajstić information content (AvgIpc) is 2.96. The minimum atomic E-state index is -0.702. The molecule has 0 unspecified atom stereocenters. The molecule has 0 saturated heterocycles. The van der Waals surface area contributed by atoms with Gasteiger partial charge in [-0.05, 0) is 55.0 Å². The molecule has 0 radical (unpaired) electrons. The van der Waals surface area contributed by atoms with E-state index in [4.69, 9.17) is 15.2 Å². The van der Waals surface area contributed by atoms with Crippen molar-refractivity contribution in [3.63, 3.8) is 0 Å². The van der Waals surface area contributed by atoms with Gasteiger partial charge in [-0.2, -0.15) is 0 Å². The van der Waals surface area contributed by atoms with Crippen LogP contribution in [-0.2, 0) is 4.79 Å². The summed E-state index contributed by atoms with van der Waals surface area (Å²) in [5.74, 6) is 1.69. The van der Waals surface area contributed by atoms with Gasteiger partial charge in [-0.25, -0.2) is 4.79 Å². The number of primary amides is 1. The van der Waals surface area contributed by atoms with Crippen LogP contribution in [0.1, 0.15) is 116 Å². The Balaban J connectivity index is 1.49. The Bertz CT molecular complexity index is 962. The number of phenols is 1. The Kier molecular flexibility index (Phi) is 17.8. The summed E-state index contributed by atoms with van der Waals surface area (Å²) in [5.41, 5.74) is 5.47. The van der Waals surface area contributed by atoms with Gasteiger partial charge in [0.2, 0.25) is 5.91 Å². The zero-order chi connectivity index (χ0) is 29.5. The van der Waals surface area contributed by atoms with Crippen LogP contribution in [0.3, 0.4) is 0 Å². The number of unbranched alkanes of at least 4 members (excludes halogenated alkanes) is 15. The number of imide groups is 1. The first-order valence-corrected chi connectivity index (χ1v) is 15.8. The molecule has 0 aliphatic carbocycles. The third kappa shape index (κ3) is 16.0. The number of phenolic OH excluding ortho intramolecular Hbond substituents is 1. The molecule has 41 heavy (non-hydrogen) atoms. The first-order chi connectivity index (χ1) is 20.0. The van der Waals surface area contributed by atoms with Crippen LogP contribution < -0.4 is 15.2 Å². The maximum atomic E-state index is 12.6. The number of urea groups is 1. The second-order valence-corrected chi connectivity index (χ2v) is 10.9. The summed E-state index contributed by atoms with van der Waals surface area (Å²) in [6.45, 7) is 2.77. The van der Waals surface area contributed by atoms with Gasteiger partial charge in [-0.1, -0.05) is 103 Å². The second-order valence-electron chi connectivity index (χ2n) is 10.9. The minimum absolute atomic E-state index is 0.0769. The number of nitrogens with two attached hydrogens (primary N) is 1. The topological polar surface area (TPSA) is 102 Å². The van der Waals surface area contributed by atoms with Crippen molar-refractivity contribution in [3.8, 4) is 23.0 Å². The molecule has 0 fully saturated rings. The fraction of sp³-hybridized carbons (Fsp3) is 0.588. The fourth-order valence-corrected chi connectivity index (χ4v) is 4.82. The highest BCUT2D eigenvalue weighted by Crippen LogP contribution is 2.25. The van der Waals surface area contributed by atoms with E-state index in [0.29, 0.717) is 23.8 Å². The largest absolute Gasteiger partial charge is 0.508 e. The van der Waals surface area contributed by atoms with E-state index in [-0.39, 0.29) is 24.7 Å². The Morgan fingerprint density at radius 1 is 0.659 bits per heavy atom. The Hall–Kier alpha value is -3.22. The first-order valence-electron chi connectivity index (χ1n) is 15.8. The second kappa shape index (κ2) is 21.5. The van der Waals surface area contributed by atoms with Gasteiger partial charge in [-0.3, -0.25) is 9.69 Å². The lowest BCUT2D eigenvalue weighted by atomic mass is 10.0. The van der Waals surface area contributed by atoms with Crippen molar-refractivity contribution in [3.05, 3.63) is 48.5 Å². The van der Waals surface area contributed by atoms with Crippen LogP contribution in [0.2, 0.25) is 0 Å². The SMILES string of the molecule is CCCCCCCCCCCCCCCCCCN(C(N)=O)C(=O)CCOc1ccc(Oc2ccc(O)cc2)cc1. The van der Waals surface area contributed by atoms with Crippen LogP contribution in [0.25, 0.3) is 0 Å². The number of carbonyl (C=O) groups is 2. The number of benzene rings is 2. The zero-order valence-electron chi connectivity index (χ0n) is 25.2. The molecule has 0 atom stereocenters. The van der Waals surface area contributed by atoms with E-state index in [9.17, 15) is 14.7 Å². The van der Waals surface area contributed by atoms with E-state index < -0.39 is 6.03 Å². The van der Waals surface area contributed by atoms with E-state index in [1.165, 1.54) is 83.5 Å². The van der Waals surface area contributed by atoms with Gasteiger partial charge in [0, 0.05) is 6.54 Å². The number of hydrogen-bond acceptors (Lipinski definition) is 5. The molecule has 3 N–H and O–H groups in total. The quantitative estimate of drug-likeness (QED) is 0.130. The van der Waals surface area contributed by atoms with Gasteiger partial charge in [-0.15, -0.1) is 0 Å². The molecule has 2 aromatic rings. The van der Waals surface area contributed by atoms with Crippen molar-refractivity contribution in [2.45, 2.75) is 116 Å². The van der Waals surface area contributed by atoms with Crippen LogP contribution in [-0.4, -0.2) is 35.1 Å². The lowest BCUT2D eigenvalue weighted by Gasteiger charge is -2.18. The molecule has 2 rings (SSSR count). The monoisotopic (exact) mass is 568 g/mol. The molecule has 3 amide bonds. The molecule has 0 aliphatic heterocycles. The summed E-state index contributed by atoms with van der Waals surface area (Å²) in [4.78, 5) is 25.5. The molecule has 0 aromatic heterocycles. The van der Waals surface area contributed by atoms with Gasteiger partial charge in [0.1, 0.15) is 23.0 Å². The van der Waals surface area contributed by atoms with Crippen LogP contribution >= 0.6 is 0 Å². The number of hydrogen-bond donors (Lipinski definition) is 2. The summed E-state index contributed by atoms with van der Waals surface area (Å²) in [6, 6.07) is 12.8. The van der Waals surface area contributed by atoms with Gasteiger partial charge in [0.15, 0.2) is 0 Å². The lowest BCUT2D eigenvalue weighted by Crippen LogP contribution is -2.41. The van der Waals surface area contributed by atoms with E-state index in [1.807, 2.05) is 0 Å². The van der Waals surface area contributed by atoms with Crippen LogP contribution in [0, 0.1) is 0 Å². The van der Waals surface area contributed by atoms with Crippen molar-refractivity contribution in [2.24, 2.45) is 5.73 Å². The summed E-state index contributed by atoms with van der Waals surface area (Å²) < 4.78 is 11.4. The zero-order valence-corrected chi connectivity index (χ0v) is 25.2. The van der Waals surface area contributed by atoms with Gasteiger partial charge in [0.05, 0.1) is 13.0 Å². The third-order valence-electron chi connectivity index (χ3n) is 7.28. The third-order valence-corrected chi connectivity index (χ3v) is 7.28. The maximum Gasteiger partial charge on any atom is 0.321 e. The van der Waals surface area contributed by atoms with E-state index in [1.54, 1.807) is 48.5 Å². The lowest BCUT2D eigenvalue weighted by molar-refractivity contribution is -0.128. The Morgan fingerprint density at radius 3 is 1.54 bits per heavy atom. The molecule has 7 heteroatoms. The van der Waals surface area contributed by atoms with Gasteiger partial charge in [0.25, 0.3) is 0 Å². The van der Waals surface area contributed by atoms with Gasteiger partial charge >= 0.3 is 6.03 Å². The Morgan fingerprint density at radius 2 is 1.07 bits per heavy atom. The van der Waals surface area contributed by atoms with Crippen LogP contribution in [0.4, 0.5) is 4.79 Å². The number of amides is 3. The molecule has 0 heterocycles. The summed E-state index contributed by atoms with van der Waals surface area (Å²) in [5, 5.41) is 9.36. The minimum Gasteiger partial charge on any atom is -0.508 e. The predicted molar refractivity (Wildman–Crippen MR) is 166 cm³/mol. The molecule has 0 spiro atoms. The fourth-order valence-electron chi connectivity index (χ4n) is 4.82. The number of ether oxygens (including phenoxy) is 2. The van der Waals surface area contributed by atoms with Gasteiger partial charge < -0.3 is 20.3 Å². The van der Waals surface area contributed by atoms with Crippen molar-refractivity contribution in [1.29, 1.82) is 0 Å². The van der Waals surface area contributed by atoms with E-state index >= 15 is 0 Å². The molecule has 2 aromatic carbocycles. The van der Waals surface area contributed by atoms with Crippen molar-refractivity contribution >= 4 is 11.9 Å². The normalized spacial score (nSPS) is 10.9. The summed E-state index contributed by atoms with van der Waals surface area (Å²) in [6.07, 6.45) is 20.5. The number of rotatable bonds is 23. The number of nitrogens with zero attached hydrogens (tertiary/aromatic N) is 1. The molecule has 0 saturated carbocycles. The predicted octanol–water partition coefficient (Wildman–Crippen LogP) is 9.12. The standard InChI is InChI=1S/C34H52N2O5/c1-2-3-4-5-6-7-8-9-10-11-12-13-14-15-16-17-27-36(34(35)39)33(38)26-28-40-30-22-24-32(25-23-30)41-31-20-18-29(37)19-21-31/h18-25,37H,2-17,26-28H2,1H3,(H2,35,39). The molecule has 0 aliphatic rings. The van der Waals surface area contributed by atoms with Crippen LogP contribution in [0.15, 0.2) is 48.5 Å². The van der Waals surface area contributed by atoms with E-state index in [0.717, 1.165) is 24.2 Å². The maximum absolute atomic E-state index is 12.6. The number of carbonyl (C=O) groups excluding carboxylic acids is 2. The van der Waals surface area contributed by atoms with Crippen molar-refractivity contribution in [1.82, 2.24) is 4.90 Å². The smallest absolute Gasteiger partial charge is 0.321 e. The Labute approximate surface area is 247 Å². The molecular formula is C34H52N2O5. The molecule has 228 valence electrons.